The van der Waals surface area contributed by atoms with Crippen molar-refractivity contribution >= 4 is 0 Å². The average Bonchev–Trinajstić information content (AvgIpc) is 2.48. The van der Waals surface area contributed by atoms with Crippen molar-refractivity contribution in [3.8, 4) is 11.5 Å². The Morgan fingerprint density at radius 1 is 1.30 bits per heavy atom. The molecular formula is C17H23NO2. The summed E-state index contributed by atoms with van der Waals surface area (Å²) in [5, 5.41) is 14.1. The van der Waals surface area contributed by atoms with Crippen LogP contribution >= 0.6 is 0 Å². The molecular weight excluding hydrogens is 250 g/mol. The number of rotatable bonds is 1. The zero-order valence-electron chi connectivity index (χ0n) is 12.1. The number of nitrogens with one attached hydrogen (secondary N) is 1. The maximum Gasteiger partial charge on any atom is 0.122 e. The first kappa shape index (κ1) is 12.5. The molecule has 0 aromatic heterocycles. The topological polar surface area (TPSA) is 41.5 Å². The Morgan fingerprint density at radius 2 is 2.20 bits per heavy atom. The fourth-order valence-corrected chi connectivity index (χ4v) is 5.10. The summed E-state index contributed by atoms with van der Waals surface area (Å²) in [6, 6.07) is 4.53. The Bertz CT molecular complexity index is 538. The van der Waals surface area contributed by atoms with E-state index >= 15 is 0 Å². The van der Waals surface area contributed by atoms with E-state index in [1.807, 2.05) is 0 Å². The molecule has 3 atom stereocenters. The SMILES string of the molecule is COc1cc(O)c2c(c1)[C@@]13CCCC[C@H]1[C@@H](C2)NCC3. The average molecular weight is 273 g/mol. The van der Waals surface area contributed by atoms with Crippen LogP contribution < -0.4 is 10.1 Å². The van der Waals surface area contributed by atoms with Crippen molar-refractivity contribution in [1.29, 1.82) is 0 Å². The molecule has 1 aromatic rings. The second-order valence-electron chi connectivity index (χ2n) is 6.70. The predicted molar refractivity (Wildman–Crippen MR) is 78.4 cm³/mol. The summed E-state index contributed by atoms with van der Waals surface area (Å²) < 4.78 is 5.40. The number of benzene rings is 1. The van der Waals surface area contributed by atoms with E-state index in [-0.39, 0.29) is 5.41 Å². The molecule has 0 unspecified atom stereocenters. The quantitative estimate of drug-likeness (QED) is 0.826. The second kappa shape index (κ2) is 4.39. The van der Waals surface area contributed by atoms with Crippen LogP contribution in [0.4, 0.5) is 0 Å². The highest BCUT2D eigenvalue weighted by molar-refractivity contribution is 5.52. The molecule has 0 amide bonds. The number of phenols is 1. The number of hydrogen-bond donors (Lipinski definition) is 2. The second-order valence-corrected chi connectivity index (χ2v) is 6.70. The third-order valence-electron chi connectivity index (χ3n) is 5.96. The fraction of sp³-hybridized carbons (Fsp3) is 0.647. The van der Waals surface area contributed by atoms with Crippen LogP contribution in [0.3, 0.4) is 0 Å². The van der Waals surface area contributed by atoms with Gasteiger partial charge in [-0.1, -0.05) is 12.8 Å². The molecule has 1 heterocycles. The molecule has 1 aliphatic heterocycles. The van der Waals surface area contributed by atoms with E-state index in [1.165, 1.54) is 43.2 Å². The van der Waals surface area contributed by atoms with Gasteiger partial charge in [0, 0.05) is 17.5 Å². The standard InChI is InChI=1S/C17H23NO2/c1-20-11-8-14-12(16(19)9-11)10-15-13-4-2-3-5-17(13,14)6-7-18-15/h8-9,13,15,18-19H,2-7,10H2,1H3/t13-,15+,17+/m0/s1. The highest BCUT2D eigenvalue weighted by Gasteiger charge is 2.52. The smallest absolute Gasteiger partial charge is 0.122 e. The maximum absolute atomic E-state index is 10.4. The molecule has 1 saturated carbocycles. The third-order valence-corrected chi connectivity index (χ3v) is 5.96. The van der Waals surface area contributed by atoms with E-state index in [0.29, 0.717) is 11.8 Å². The highest BCUT2D eigenvalue weighted by atomic mass is 16.5. The van der Waals surface area contributed by atoms with Gasteiger partial charge in [0.05, 0.1) is 7.11 Å². The van der Waals surface area contributed by atoms with Gasteiger partial charge in [0.25, 0.3) is 0 Å². The van der Waals surface area contributed by atoms with Crippen LogP contribution in [0.15, 0.2) is 12.1 Å². The lowest BCUT2D eigenvalue weighted by atomic mass is 9.52. The lowest BCUT2D eigenvalue weighted by molar-refractivity contribution is 0.0786. The minimum atomic E-state index is 0.285. The van der Waals surface area contributed by atoms with Gasteiger partial charge >= 0.3 is 0 Å². The predicted octanol–water partition coefficient (Wildman–Crippen LogP) is 2.75. The molecule has 0 radical (unpaired) electrons. The van der Waals surface area contributed by atoms with E-state index in [0.717, 1.165) is 24.6 Å². The van der Waals surface area contributed by atoms with Gasteiger partial charge in [-0.25, -0.2) is 0 Å². The van der Waals surface area contributed by atoms with E-state index in [4.69, 9.17) is 4.74 Å². The van der Waals surface area contributed by atoms with Crippen molar-refractivity contribution in [2.24, 2.45) is 5.92 Å². The summed E-state index contributed by atoms with van der Waals surface area (Å²) in [6.07, 6.45) is 7.45. The lowest BCUT2D eigenvalue weighted by Gasteiger charge is -2.56. The first-order valence-corrected chi connectivity index (χ1v) is 7.88. The molecule has 2 bridgehead atoms. The van der Waals surface area contributed by atoms with Crippen LogP contribution in [0, 0.1) is 5.92 Å². The molecule has 20 heavy (non-hydrogen) atoms. The number of aromatic hydroxyl groups is 1. The van der Waals surface area contributed by atoms with Crippen molar-refractivity contribution < 1.29 is 9.84 Å². The minimum Gasteiger partial charge on any atom is -0.508 e. The van der Waals surface area contributed by atoms with Crippen LogP contribution in [0.5, 0.6) is 11.5 Å². The van der Waals surface area contributed by atoms with Gasteiger partial charge in [-0.15, -0.1) is 0 Å². The summed E-state index contributed by atoms with van der Waals surface area (Å²) in [6.45, 7) is 1.11. The Balaban J connectivity index is 1.92. The van der Waals surface area contributed by atoms with Crippen molar-refractivity contribution in [3.05, 3.63) is 23.3 Å². The van der Waals surface area contributed by atoms with Crippen molar-refractivity contribution in [2.45, 2.75) is 50.0 Å². The Labute approximate surface area is 120 Å². The number of methoxy groups -OCH3 is 1. The van der Waals surface area contributed by atoms with Gasteiger partial charge in [-0.05, 0) is 55.3 Å². The summed E-state index contributed by atoms with van der Waals surface area (Å²) in [4.78, 5) is 0. The summed E-state index contributed by atoms with van der Waals surface area (Å²) in [7, 11) is 1.69. The molecule has 1 saturated heterocycles. The number of piperidine rings is 1. The molecule has 2 aliphatic carbocycles. The van der Waals surface area contributed by atoms with Crippen LogP contribution in [0.1, 0.15) is 43.2 Å². The summed E-state index contributed by atoms with van der Waals surface area (Å²) >= 11 is 0. The number of ether oxygens (including phenoxy) is 1. The van der Waals surface area contributed by atoms with Crippen LogP contribution in [-0.4, -0.2) is 24.8 Å². The number of fused-ring (bicyclic) bond motifs is 1. The highest BCUT2D eigenvalue weighted by Crippen LogP contribution is 2.55. The van der Waals surface area contributed by atoms with Crippen molar-refractivity contribution in [3.63, 3.8) is 0 Å². The van der Waals surface area contributed by atoms with E-state index < -0.39 is 0 Å². The van der Waals surface area contributed by atoms with E-state index in [1.54, 1.807) is 13.2 Å². The Hall–Kier alpha value is -1.22. The zero-order chi connectivity index (χ0) is 13.7. The van der Waals surface area contributed by atoms with Crippen LogP contribution in [0.2, 0.25) is 0 Å². The van der Waals surface area contributed by atoms with Crippen LogP contribution in [0.25, 0.3) is 0 Å². The molecule has 0 spiro atoms. The fourth-order valence-electron chi connectivity index (χ4n) is 5.10. The number of phenolic OH excluding ortho intramolecular Hbond substituents is 1. The molecule has 4 rings (SSSR count). The van der Waals surface area contributed by atoms with Crippen LogP contribution in [-0.2, 0) is 11.8 Å². The molecule has 2 N–H and O–H groups in total. The summed E-state index contributed by atoms with van der Waals surface area (Å²) in [5.41, 5.74) is 2.84. The first-order valence-electron chi connectivity index (χ1n) is 7.88. The van der Waals surface area contributed by atoms with Crippen molar-refractivity contribution in [1.82, 2.24) is 5.32 Å². The Morgan fingerprint density at radius 3 is 3.05 bits per heavy atom. The van der Waals surface area contributed by atoms with Gasteiger partial charge in [0.2, 0.25) is 0 Å². The minimum absolute atomic E-state index is 0.285. The van der Waals surface area contributed by atoms with E-state index in [2.05, 4.69) is 11.4 Å². The molecule has 3 heteroatoms. The largest absolute Gasteiger partial charge is 0.508 e. The molecule has 1 aromatic carbocycles. The normalized spacial score (nSPS) is 35.0. The zero-order valence-corrected chi connectivity index (χ0v) is 12.1. The van der Waals surface area contributed by atoms with Gasteiger partial charge in [0.1, 0.15) is 11.5 Å². The Kier molecular flexibility index (Phi) is 2.75. The van der Waals surface area contributed by atoms with Gasteiger partial charge < -0.3 is 15.2 Å². The monoisotopic (exact) mass is 273 g/mol. The summed E-state index contributed by atoms with van der Waals surface area (Å²) in [5.74, 6) is 1.97. The first-order chi connectivity index (χ1) is 9.74. The maximum atomic E-state index is 10.4. The molecule has 3 nitrogen and oxygen atoms in total. The molecule has 3 aliphatic rings. The lowest BCUT2D eigenvalue weighted by Crippen LogP contribution is -2.59. The van der Waals surface area contributed by atoms with E-state index in [9.17, 15) is 5.11 Å². The van der Waals surface area contributed by atoms with Crippen molar-refractivity contribution in [2.75, 3.05) is 13.7 Å². The molecule has 108 valence electrons. The molecule has 2 fully saturated rings. The van der Waals surface area contributed by atoms with Gasteiger partial charge in [-0.3, -0.25) is 0 Å². The third kappa shape index (κ3) is 1.56. The van der Waals surface area contributed by atoms with Gasteiger partial charge in [-0.2, -0.15) is 0 Å². The number of hydrogen-bond acceptors (Lipinski definition) is 3. The van der Waals surface area contributed by atoms with Gasteiger partial charge in [0.15, 0.2) is 0 Å².